The lowest BCUT2D eigenvalue weighted by Crippen LogP contribution is -2.65. The minimum atomic E-state index is -4.19. The van der Waals surface area contributed by atoms with Crippen molar-refractivity contribution in [2.75, 3.05) is 0 Å². The average Bonchev–Trinajstić information content (AvgIpc) is 3.74. The van der Waals surface area contributed by atoms with Gasteiger partial charge < -0.3 is 0 Å². The normalized spacial score (nSPS) is 22.4. The Bertz CT molecular complexity index is 3340. The average molecular weight is 691 g/mol. The molecule has 5 aromatic carbocycles. The topological polar surface area (TPSA) is 43.6 Å². The summed E-state index contributed by atoms with van der Waals surface area (Å²) in [4.78, 5) is 13.8. The molecule has 0 radical (unpaired) electrons. The van der Waals surface area contributed by atoms with Gasteiger partial charge in [-0.25, -0.2) is 4.98 Å². The van der Waals surface area contributed by atoms with Gasteiger partial charge in [-0.3, -0.25) is 4.57 Å². The molecule has 2 saturated carbocycles. The molecular weight excluding hydrogens is 625 g/mol. The number of hydrogen-bond donors (Lipinski definition) is 0. The molecule has 0 spiro atoms. The SMILES string of the molecule is [2H]c1c([2H])c([2H])c(-c2nc(-c3c([2H])c([2H])c([2H])c([Si](c4c([2H])c([2H])c([2H])c([2H])c4[2H])(C4CCCCC4)C4CCCCC4)c3[2H])nc(-n3c4c([2H])c([2H])c([2H])c([2H])c4c4c([2H])c([2H])c([2H])c([2H])c43)n2)c([2H])c1[2H]. The summed E-state index contributed by atoms with van der Waals surface area (Å²) in [5.74, 6) is -2.11. The maximum absolute atomic E-state index is 10.4. The molecule has 0 amide bonds. The van der Waals surface area contributed by atoms with Crippen LogP contribution in [-0.2, 0) is 0 Å². The second kappa shape index (κ2) is 13.4. The molecule has 50 heavy (non-hydrogen) atoms. The standard InChI is InChI=1S/C45H44N4Si/c1-5-18-33(19-6-1)43-46-44(48-45(47-43)49-41-30-15-13-28-39(41)40-29-14-16-31-42(40)49)34-20-17-27-38(32-34)50(35-21-7-2-8-22-35,36-23-9-3-10-24-36)37-25-11-4-12-26-37/h1-2,5-8,13-22,27-32,36-37H,3-4,9-12,23-26H2/i1D,2D,5D,6D,7D,8D,13D,14D,15D,16D,17D,18D,19D,20D,21D,22D,27D,28D,29D,30D,31D,32D. The van der Waals surface area contributed by atoms with Gasteiger partial charge in [0, 0.05) is 21.9 Å². The number of hydrogen-bond acceptors (Lipinski definition) is 3. The fourth-order valence-electron chi connectivity index (χ4n) is 8.18. The number of rotatable bonds is 7. The summed E-state index contributed by atoms with van der Waals surface area (Å²) in [6, 6.07) is -15.6. The predicted molar refractivity (Wildman–Crippen MR) is 210 cm³/mol. The van der Waals surface area contributed by atoms with Gasteiger partial charge in [0.2, 0.25) is 5.95 Å². The van der Waals surface area contributed by atoms with Crippen molar-refractivity contribution in [2.24, 2.45) is 0 Å². The smallest absolute Gasteiger partial charge is 0.238 e. The molecule has 2 fully saturated rings. The largest absolute Gasteiger partial charge is 0.278 e. The number of benzene rings is 5. The molecule has 0 aliphatic heterocycles. The summed E-state index contributed by atoms with van der Waals surface area (Å²) >= 11 is 0. The van der Waals surface area contributed by atoms with Crippen LogP contribution in [0.2, 0.25) is 11.1 Å². The highest BCUT2D eigenvalue weighted by molar-refractivity contribution is 7.04. The first-order chi connectivity index (χ1) is 33.9. The van der Waals surface area contributed by atoms with Crippen molar-refractivity contribution in [3.8, 4) is 28.7 Å². The van der Waals surface area contributed by atoms with E-state index >= 15 is 0 Å². The minimum Gasteiger partial charge on any atom is -0.278 e. The molecule has 2 heterocycles. The lowest BCUT2D eigenvalue weighted by Gasteiger charge is -2.48. The third kappa shape index (κ3) is 5.39. The van der Waals surface area contributed by atoms with Crippen LogP contribution in [0.5, 0.6) is 0 Å². The monoisotopic (exact) mass is 690 g/mol. The number of aromatic nitrogens is 4. The lowest BCUT2D eigenvalue weighted by molar-refractivity contribution is 0.459. The zero-order valence-corrected chi connectivity index (χ0v) is 28.0. The van der Waals surface area contributed by atoms with E-state index in [1.165, 1.54) is 0 Å². The van der Waals surface area contributed by atoms with Crippen LogP contribution in [0, 0.1) is 0 Å². The molecule has 248 valence electrons. The molecule has 4 nitrogen and oxygen atoms in total. The summed E-state index contributed by atoms with van der Waals surface area (Å²) in [5, 5.41) is -0.843. The van der Waals surface area contributed by atoms with Crippen molar-refractivity contribution in [2.45, 2.75) is 75.3 Å². The van der Waals surface area contributed by atoms with Crippen molar-refractivity contribution in [1.82, 2.24) is 19.5 Å². The number of para-hydroxylation sites is 2. The maximum atomic E-state index is 10.4. The molecule has 2 aromatic heterocycles. The van der Waals surface area contributed by atoms with E-state index in [9.17, 15) is 8.22 Å². The van der Waals surface area contributed by atoms with Crippen LogP contribution in [0.4, 0.5) is 0 Å². The molecule has 0 saturated heterocycles. The first kappa shape index (κ1) is 15.6. The molecule has 0 atom stereocenters. The number of fused-ring (bicyclic) bond motifs is 3. The van der Waals surface area contributed by atoms with Crippen LogP contribution in [0.15, 0.2) is 133 Å². The van der Waals surface area contributed by atoms with E-state index in [4.69, 9.17) is 21.9 Å². The Balaban J connectivity index is 1.51. The van der Waals surface area contributed by atoms with Crippen molar-refractivity contribution < 1.29 is 30.2 Å². The van der Waals surface area contributed by atoms with E-state index < -0.39 is 192 Å². The molecule has 0 bridgehead atoms. The maximum Gasteiger partial charge on any atom is 0.238 e. The van der Waals surface area contributed by atoms with Gasteiger partial charge in [0.1, 0.15) is 8.07 Å². The third-order valence-corrected chi connectivity index (χ3v) is 16.1. The van der Waals surface area contributed by atoms with Crippen LogP contribution in [-0.4, -0.2) is 27.6 Å². The van der Waals surface area contributed by atoms with Gasteiger partial charge in [-0.15, -0.1) is 0 Å². The Hall–Kier alpha value is -4.87. The zero-order chi connectivity index (χ0) is 52.5. The summed E-state index contributed by atoms with van der Waals surface area (Å²) in [6.45, 7) is 0. The third-order valence-electron chi connectivity index (χ3n) is 10.3. The molecule has 7 aromatic rings. The van der Waals surface area contributed by atoms with E-state index in [0.717, 1.165) is 17.4 Å². The van der Waals surface area contributed by atoms with Crippen LogP contribution in [0.3, 0.4) is 0 Å². The summed E-state index contributed by atoms with van der Waals surface area (Å²) in [7, 11) is -4.19. The Morgan fingerprint density at radius 2 is 0.960 bits per heavy atom. The first-order valence-corrected chi connectivity index (χ1v) is 19.1. The molecule has 2 aliphatic rings. The summed E-state index contributed by atoms with van der Waals surface area (Å²) in [6.07, 6.45) is 6.49. The molecule has 9 rings (SSSR count). The van der Waals surface area contributed by atoms with Gasteiger partial charge in [-0.05, 0) is 23.2 Å². The van der Waals surface area contributed by atoms with Gasteiger partial charge in [0.15, 0.2) is 11.6 Å². The van der Waals surface area contributed by atoms with Crippen molar-refractivity contribution in [1.29, 1.82) is 0 Å². The van der Waals surface area contributed by atoms with Crippen LogP contribution in [0.25, 0.3) is 50.5 Å². The Kier molecular flexibility index (Phi) is 4.19. The van der Waals surface area contributed by atoms with Gasteiger partial charge in [-0.1, -0.05) is 195 Å². The highest BCUT2D eigenvalue weighted by Gasteiger charge is 2.50. The van der Waals surface area contributed by atoms with E-state index in [1.807, 2.05) is 0 Å². The summed E-state index contributed by atoms with van der Waals surface area (Å²) < 4.78 is 200. The highest BCUT2D eigenvalue weighted by Crippen LogP contribution is 2.48. The second-order valence-electron chi connectivity index (χ2n) is 12.9. The van der Waals surface area contributed by atoms with Crippen LogP contribution >= 0.6 is 0 Å². The highest BCUT2D eigenvalue weighted by atomic mass is 28.3. The molecule has 0 unspecified atom stereocenters. The molecule has 2 aliphatic carbocycles. The molecule has 0 N–H and O–H groups in total. The Morgan fingerprint density at radius 3 is 1.56 bits per heavy atom. The minimum absolute atomic E-state index is 0.0120. The van der Waals surface area contributed by atoms with Crippen molar-refractivity contribution in [3.63, 3.8) is 0 Å². The van der Waals surface area contributed by atoms with Crippen LogP contribution < -0.4 is 10.4 Å². The second-order valence-corrected chi connectivity index (χ2v) is 17.2. The predicted octanol–water partition coefficient (Wildman–Crippen LogP) is 10.5. The zero-order valence-electron chi connectivity index (χ0n) is 49.0. The molecule has 5 heteroatoms. The van der Waals surface area contributed by atoms with Crippen LogP contribution in [0.1, 0.15) is 94.4 Å². The van der Waals surface area contributed by atoms with Gasteiger partial charge in [-0.2, -0.15) is 9.97 Å². The van der Waals surface area contributed by atoms with E-state index in [1.54, 1.807) is 0 Å². The number of nitrogens with zero attached hydrogens (tertiary/aromatic N) is 4. The first-order valence-electron chi connectivity index (χ1n) is 28.0. The Labute approximate surface area is 327 Å². The van der Waals surface area contributed by atoms with Gasteiger partial charge in [0.25, 0.3) is 0 Å². The lowest BCUT2D eigenvalue weighted by atomic mass is 9.99. The Morgan fingerprint density at radius 1 is 0.480 bits per heavy atom. The van der Waals surface area contributed by atoms with E-state index in [-0.39, 0.29) is 21.1 Å². The summed E-state index contributed by atoms with van der Waals surface area (Å²) in [5.41, 5.74) is -2.96. The van der Waals surface area contributed by atoms with Crippen molar-refractivity contribution in [3.05, 3.63) is 133 Å². The van der Waals surface area contributed by atoms with Gasteiger partial charge in [0.05, 0.1) is 41.2 Å². The fourth-order valence-corrected chi connectivity index (χ4v) is 14.5. The quantitative estimate of drug-likeness (QED) is 0.156. The molecular formula is C45H44N4Si. The van der Waals surface area contributed by atoms with Gasteiger partial charge >= 0.3 is 0 Å². The fraction of sp³-hybridized carbons (Fsp3) is 0.267. The van der Waals surface area contributed by atoms with E-state index in [0.29, 0.717) is 51.4 Å². The van der Waals surface area contributed by atoms with Crippen molar-refractivity contribution >= 4 is 40.3 Å². The van der Waals surface area contributed by atoms with E-state index in [2.05, 4.69) is 15.0 Å².